The van der Waals surface area contributed by atoms with E-state index in [1.807, 2.05) is 6.07 Å². The van der Waals surface area contributed by atoms with E-state index < -0.39 is 0 Å². The van der Waals surface area contributed by atoms with E-state index >= 15 is 0 Å². The Morgan fingerprint density at radius 2 is 2.00 bits per heavy atom. The topological polar surface area (TPSA) is 32.3 Å². The molecule has 0 aliphatic carbocycles. The van der Waals surface area contributed by atoms with Crippen LogP contribution in [0.2, 0.25) is 0 Å². The molecule has 0 amide bonds. The predicted octanol–water partition coefficient (Wildman–Crippen LogP) is 3.51. The molecule has 0 heterocycles. The molecule has 2 nitrogen and oxygen atoms in total. The van der Waals surface area contributed by atoms with Crippen molar-refractivity contribution in [2.24, 2.45) is 5.92 Å². The largest absolute Gasteiger partial charge is 0.396 e. The molecule has 2 atom stereocenters. The molecule has 1 aromatic carbocycles. The molecule has 0 aliphatic heterocycles. The van der Waals surface area contributed by atoms with Gasteiger partial charge in [-0.2, -0.15) is 0 Å². The van der Waals surface area contributed by atoms with Gasteiger partial charge in [-0.15, -0.1) is 0 Å². The fraction of sp³-hybridized carbons (Fsp3) is 0.571. The lowest BCUT2D eigenvalue weighted by molar-refractivity contribution is 0.227. The summed E-state index contributed by atoms with van der Waals surface area (Å²) >= 11 is 3.57. The summed E-state index contributed by atoms with van der Waals surface area (Å²) in [5.41, 5.74) is 1.29. The summed E-state index contributed by atoms with van der Waals surface area (Å²) in [5, 5.41) is 12.4. The predicted molar refractivity (Wildman–Crippen MR) is 76.0 cm³/mol. The number of halogens is 1. The van der Waals surface area contributed by atoms with Crippen molar-refractivity contribution in [2.45, 2.75) is 32.7 Å². The third kappa shape index (κ3) is 5.19. The molecule has 0 saturated carbocycles. The van der Waals surface area contributed by atoms with Gasteiger partial charge < -0.3 is 10.4 Å². The van der Waals surface area contributed by atoms with Crippen LogP contribution < -0.4 is 5.32 Å². The Hall–Kier alpha value is -0.380. The molecule has 1 aromatic rings. The Morgan fingerprint density at radius 3 is 2.65 bits per heavy atom. The Labute approximate surface area is 113 Å². The Bertz CT molecular complexity index is 330. The molecule has 0 aliphatic rings. The molecule has 0 bridgehead atoms. The second-order valence-electron chi connectivity index (χ2n) is 4.63. The van der Waals surface area contributed by atoms with Gasteiger partial charge in [0.2, 0.25) is 0 Å². The lowest BCUT2D eigenvalue weighted by Crippen LogP contribution is -2.20. The number of aliphatic hydroxyl groups excluding tert-OH is 1. The minimum absolute atomic E-state index is 0.291. The van der Waals surface area contributed by atoms with Crippen LogP contribution >= 0.6 is 15.9 Å². The van der Waals surface area contributed by atoms with Crippen LogP contribution in [-0.2, 0) is 0 Å². The van der Waals surface area contributed by atoms with Crippen LogP contribution in [0.15, 0.2) is 28.7 Å². The summed E-state index contributed by atoms with van der Waals surface area (Å²) in [4.78, 5) is 0. The Kier molecular flexibility index (Phi) is 6.78. The number of hydrogen-bond donors (Lipinski definition) is 2. The van der Waals surface area contributed by atoms with Gasteiger partial charge >= 0.3 is 0 Å². The van der Waals surface area contributed by atoms with Crippen molar-refractivity contribution < 1.29 is 5.11 Å². The SMILES string of the molecule is CC(CO)CCCNC(C)c1ccccc1Br. The summed E-state index contributed by atoms with van der Waals surface area (Å²) in [6.45, 7) is 5.54. The molecule has 0 radical (unpaired) electrons. The number of benzene rings is 1. The first-order valence-electron chi connectivity index (χ1n) is 6.23. The zero-order valence-corrected chi connectivity index (χ0v) is 12.2. The fourth-order valence-electron chi connectivity index (χ4n) is 1.80. The second-order valence-corrected chi connectivity index (χ2v) is 5.48. The van der Waals surface area contributed by atoms with Crippen LogP contribution in [0.5, 0.6) is 0 Å². The van der Waals surface area contributed by atoms with Gasteiger partial charge in [-0.1, -0.05) is 41.1 Å². The molecule has 2 unspecified atom stereocenters. The highest BCUT2D eigenvalue weighted by molar-refractivity contribution is 9.10. The minimum atomic E-state index is 0.291. The smallest absolute Gasteiger partial charge is 0.0456 e. The van der Waals surface area contributed by atoms with E-state index in [0.29, 0.717) is 18.6 Å². The first kappa shape index (κ1) is 14.7. The maximum atomic E-state index is 8.93. The number of aliphatic hydroxyl groups is 1. The normalized spacial score (nSPS) is 14.6. The summed E-state index contributed by atoms with van der Waals surface area (Å²) in [5.74, 6) is 0.413. The molecule has 3 heteroatoms. The Balaban J connectivity index is 2.30. The standard InChI is InChI=1S/C14H22BrNO/c1-11(10-17)6-5-9-16-12(2)13-7-3-4-8-14(13)15/h3-4,7-8,11-12,16-17H,5-6,9-10H2,1-2H3. The van der Waals surface area contributed by atoms with Gasteiger partial charge in [-0.3, -0.25) is 0 Å². The van der Waals surface area contributed by atoms with Gasteiger partial charge in [0.15, 0.2) is 0 Å². The fourth-order valence-corrected chi connectivity index (χ4v) is 2.42. The monoisotopic (exact) mass is 299 g/mol. The zero-order valence-electron chi connectivity index (χ0n) is 10.6. The van der Waals surface area contributed by atoms with Crippen molar-refractivity contribution in [1.82, 2.24) is 5.32 Å². The molecule has 0 aromatic heterocycles. The lowest BCUT2D eigenvalue weighted by atomic mass is 10.1. The van der Waals surface area contributed by atoms with E-state index in [1.165, 1.54) is 5.56 Å². The average Bonchev–Trinajstić information content (AvgIpc) is 2.34. The van der Waals surface area contributed by atoms with E-state index in [-0.39, 0.29) is 0 Å². The molecule has 1 rings (SSSR count). The molecular weight excluding hydrogens is 278 g/mol. The van der Waals surface area contributed by atoms with Crippen LogP contribution in [0.4, 0.5) is 0 Å². The quantitative estimate of drug-likeness (QED) is 0.755. The van der Waals surface area contributed by atoms with E-state index in [4.69, 9.17) is 5.11 Å². The van der Waals surface area contributed by atoms with Gasteiger partial charge in [0.05, 0.1) is 0 Å². The van der Waals surface area contributed by atoms with Crippen LogP contribution in [0.25, 0.3) is 0 Å². The van der Waals surface area contributed by atoms with Gasteiger partial charge in [0, 0.05) is 17.1 Å². The summed E-state index contributed by atoms with van der Waals surface area (Å²) in [6, 6.07) is 8.66. The van der Waals surface area contributed by atoms with E-state index in [1.54, 1.807) is 0 Å². The van der Waals surface area contributed by atoms with Gasteiger partial charge in [0.25, 0.3) is 0 Å². The number of rotatable bonds is 7. The third-order valence-electron chi connectivity index (χ3n) is 3.01. The zero-order chi connectivity index (χ0) is 12.7. The van der Waals surface area contributed by atoms with Gasteiger partial charge in [-0.25, -0.2) is 0 Å². The first-order valence-corrected chi connectivity index (χ1v) is 7.03. The van der Waals surface area contributed by atoms with Crippen LogP contribution in [0.3, 0.4) is 0 Å². The van der Waals surface area contributed by atoms with E-state index in [9.17, 15) is 0 Å². The van der Waals surface area contributed by atoms with E-state index in [2.05, 4.69) is 53.3 Å². The van der Waals surface area contributed by atoms with Gasteiger partial charge in [0.1, 0.15) is 0 Å². The number of nitrogens with one attached hydrogen (secondary N) is 1. The van der Waals surface area contributed by atoms with Crippen molar-refractivity contribution in [3.8, 4) is 0 Å². The highest BCUT2D eigenvalue weighted by atomic mass is 79.9. The molecule has 17 heavy (non-hydrogen) atoms. The first-order chi connectivity index (χ1) is 8.15. The van der Waals surface area contributed by atoms with E-state index in [0.717, 1.165) is 23.9 Å². The summed E-state index contributed by atoms with van der Waals surface area (Å²) in [7, 11) is 0. The molecular formula is C14H22BrNO. The van der Waals surface area contributed by atoms with Crippen molar-refractivity contribution in [2.75, 3.05) is 13.2 Å². The second kappa shape index (κ2) is 7.85. The van der Waals surface area contributed by atoms with Crippen molar-refractivity contribution in [1.29, 1.82) is 0 Å². The summed E-state index contributed by atoms with van der Waals surface area (Å²) in [6.07, 6.45) is 2.18. The highest BCUT2D eigenvalue weighted by Gasteiger charge is 2.07. The number of hydrogen-bond acceptors (Lipinski definition) is 2. The third-order valence-corrected chi connectivity index (χ3v) is 3.73. The van der Waals surface area contributed by atoms with Crippen molar-refractivity contribution in [3.05, 3.63) is 34.3 Å². The molecule has 0 fully saturated rings. The van der Waals surface area contributed by atoms with Crippen molar-refractivity contribution in [3.63, 3.8) is 0 Å². The lowest BCUT2D eigenvalue weighted by Gasteiger charge is -2.16. The minimum Gasteiger partial charge on any atom is -0.396 e. The highest BCUT2D eigenvalue weighted by Crippen LogP contribution is 2.22. The Morgan fingerprint density at radius 1 is 1.29 bits per heavy atom. The van der Waals surface area contributed by atoms with Crippen LogP contribution in [0, 0.1) is 5.92 Å². The van der Waals surface area contributed by atoms with Crippen molar-refractivity contribution >= 4 is 15.9 Å². The maximum Gasteiger partial charge on any atom is 0.0456 e. The summed E-state index contributed by atoms with van der Waals surface area (Å²) < 4.78 is 1.16. The van der Waals surface area contributed by atoms with Gasteiger partial charge in [-0.05, 0) is 43.9 Å². The van der Waals surface area contributed by atoms with Crippen LogP contribution in [-0.4, -0.2) is 18.3 Å². The van der Waals surface area contributed by atoms with Crippen LogP contribution in [0.1, 0.15) is 38.3 Å². The maximum absolute atomic E-state index is 8.93. The molecule has 96 valence electrons. The average molecular weight is 300 g/mol. The molecule has 0 saturated heterocycles. The molecule has 0 spiro atoms. The molecule has 2 N–H and O–H groups in total.